The molecule has 1 aromatic heterocycles. The summed E-state index contributed by atoms with van der Waals surface area (Å²) in [5, 5.41) is 11.8. The number of amides is 1. The molecule has 4 aromatic rings. The van der Waals surface area contributed by atoms with Gasteiger partial charge in [-0.15, -0.1) is 0 Å². The Kier molecular flexibility index (Phi) is 9.99. The summed E-state index contributed by atoms with van der Waals surface area (Å²) in [5.74, 6) is 1.08. The molecule has 1 amide bonds. The summed E-state index contributed by atoms with van der Waals surface area (Å²) in [6, 6.07) is 20.6. The number of aliphatic hydroxyl groups excluding tert-OH is 1. The van der Waals surface area contributed by atoms with Crippen molar-refractivity contribution in [3.8, 4) is 11.5 Å². The first-order chi connectivity index (χ1) is 21.6. The monoisotopic (exact) mass is 630 g/mol. The minimum absolute atomic E-state index is 0.0322. The Morgan fingerprint density at radius 2 is 1.60 bits per heavy atom. The number of carbonyl (C=O) groups is 1. The van der Waals surface area contributed by atoms with E-state index < -0.39 is 22.0 Å². The second-order valence-electron chi connectivity index (χ2n) is 12.1. The van der Waals surface area contributed by atoms with Crippen LogP contribution in [0.15, 0.2) is 84.0 Å². The van der Waals surface area contributed by atoms with Crippen LogP contribution in [0.25, 0.3) is 0 Å². The number of fused-ring (bicyclic) bond motifs is 1. The second-order valence-corrected chi connectivity index (χ2v) is 13.8. The van der Waals surface area contributed by atoms with Crippen LogP contribution in [0.5, 0.6) is 11.5 Å². The Morgan fingerprint density at radius 3 is 2.20 bits per heavy atom. The number of ether oxygens (including phenoxy) is 2. The van der Waals surface area contributed by atoms with E-state index in [1.54, 1.807) is 26.4 Å². The zero-order chi connectivity index (χ0) is 32.1. The Morgan fingerprint density at radius 1 is 0.978 bits per heavy atom. The lowest BCUT2D eigenvalue weighted by atomic mass is 9.85. The smallest absolute Gasteiger partial charge is 0.264 e. The zero-order valence-electron chi connectivity index (χ0n) is 26.3. The van der Waals surface area contributed by atoms with Gasteiger partial charge >= 0.3 is 0 Å². The van der Waals surface area contributed by atoms with E-state index in [4.69, 9.17) is 9.47 Å². The fourth-order valence-electron chi connectivity index (χ4n) is 6.36. The third kappa shape index (κ3) is 7.78. The van der Waals surface area contributed by atoms with Gasteiger partial charge in [0, 0.05) is 36.8 Å². The first-order valence-corrected chi connectivity index (χ1v) is 16.8. The molecule has 0 fully saturated rings. The molecule has 0 radical (unpaired) electrons. The molecule has 1 aliphatic rings. The Balaban J connectivity index is 1.28. The number of sulfonamides is 1. The van der Waals surface area contributed by atoms with Crippen LogP contribution in [0.3, 0.4) is 0 Å². The molecule has 1 aliphatic carbocycles. The van der Waals surface area contributed by atoms with Gasteiger partial charge in [-0.2, -0.15) is 0 Å². The third-order valence-corrected chi connectivity index (χ3v) is 10.2. The molecule has 2 N–H and O–H groups in total. The number of hydrogen-bond acceptors (Lipinski definition) is 6. The lowest BCUT2D eigenvalue weighted by Crippen LogP contribution is -2.30. The van der Waals surface area contributed by atoms with Gasteiger partial charge in [0.15, 0.2) is 0 Å². The molecule has 9 heteroatoms. The van der Waals surface area contributed by atoms with Gasteiger partial charge in [-0.3, -0.25) is 4.79 Å². The fraction of sp³-hybridized carbons (Fsp3) is 0.361. The lowest BCUT2D eigenvalue weighted by molar-refractivity contribution is -0.119. The summed E-state index contributed by atoms with van der Waals surface area (Å²) < 4.78 is 40.6. The van der Waals surface area contributed by atoms with Gasteiger partial charge < -0.3 is 19.1 Å². The first kappa shape index (κ1) is 32.3. The van der Waals surface area contributed by atoms with E-state index in [2.05, 4.69) is 33.6 Å². The van der Waals surface area contributed by atoms with E-state index in [1.807, 2.05) is 44.4 Å². The topological polar surface area (TPSA) is 107 Å². The normalized spacial score (nSPS) is 14.5. The number of carbonyl (C=O) groups excluding carboxylic acids is 1. The standard InChI is InChI=1S/C36H42N2O6S/c1-24-9-12-32(13-10-24)45(41,42)37-35(39)14-11-26-15-16-38(22-26)23-31(19-27-17-28-7-5-6-8-29(28)18-27)36(40)30-20-33(43-3)25(2)34(21-30)44-4/h5-10,12-13,15-16,20-22,27,31,36,40H,11,14,17-19,23H2,1-4H3,(H,37,39)/t31-,36-/m1/s1. The summed E-state index contributed by atoms with van der Waals surface area (Å²) in [5.41, 5.74) is 6.23. The highest BCUT2D eigenvalue weighted by Crippen LogP contribution is 2.39. The van der Waals surface area contributed by atoms with E-state index in [9.17, 15) is 18.3 Å². The SMILES string of the molecule is COc1cc([C@@H](O)[C@H](CC2Cc3ccccc3C2)Cn2ccc(CCC(=O)NS(=O)(=O)c3ccc(C)cc3)c2)cc(OC)c1C. The van der Waals surface area contributed by atoms with Crippen LogP contribution in [0.4, 0.5) is 0 Å². The van der Waals surface area contributed by atoms with E-state index in [1.165, 1.54) is 23.3 Å². The van der Waals surface area contributed by atoms with Crippen molar-refractivity contribution in [2.24, 2.45) is 11.8 Å². The maximum absolute atomic E-state index is 12.6. The number of hydrogen-bond donors (Lipinski definition) is 2. The molecule has 1 heterocycles. The van der Waals surface area contributed by atoms with Crippen molar-refractivity contribution in [3.05, 3.63) is 113 Å². The Hall–Kier alpha value is -4.08. The molecule has 0 saturated heterocycles. The minimum atomic E-state index is -3.92. The fourth-order valence-corrected chi connectivity index (χ4v) is 7.37. The number of nitrogens with zero attached hydrogens (tertiary/aromatic N) is 1. The number of rotatable bonds is 13. The molecular formula is C36H42N2O6S. The van der Waals surface area contributed by atoms with Crippen molar-refractivity contribution in [3.63, 3.8) is 0 Å². The average molecular weight is 631 g/mol. The minimum Gasteiger partial charge on any atom is -0.496 e. The van der Waals surface area contributed by atoms with Crippen LogP contribution in [0.2, 0.25) is 0 Å². The Bertz CT molecular complexity index is 1700. The van der Waals surface area contributed by atoms with Crippen molar-refractivity contribution in [2.45, 2.75) is 63.5 Å². The summed E-state index contributed by atoms with van der Waals surface area (Å²) in [7, 11) is -0.690. The second kappa shape index (κ2) is 13.9. The van der Waals surface area contributed by atoms with Gasteiger partial charge in [0.2, 0.25) is 5.91 Å². The number of aryl methyl sites for hydroxylation is 2. The van der Waals surface area contributed by atoms with Crippen LogP contribution in [-0.2, 0) is 40.6 Å². The van der Waals surface area contributed by atoms with Crippen LogP contribution in [0.1, 0.15) is 52.3 Å². The highest BCUT2D eigenvalue weighted by molar-refractivity contribution is 7.90. The first-order valence-electron chi connectivity index (χ1n) is 15.3. The highest BCUT2D eigenvalue weighted by atomic mass is 32.2. The molecule has 0 saturated carbocycles. The predicted molar refractivity (Wildman–Crippen MR) is 174 cm³/mol. The molecular weight excluding hydrogens is 588 g/mol. The summed E-state index contributed by atoms with van der Waals surface area (Å²) >= 11 is 0. The van der Waals surface area contributed by atoms with Gasteiger partial charge in [-0.25, -0.2) is 13.1 Å². The largest absolute Gasteiger partial charge is 0.496 e. The predicted octanol–water partition coefficient (Wildman–Crippen LogP) is 5.71. The van der Waals surface area contributed by atoms with E-state index >= 15 is 0 Å². The zero-order valence-corrected chi connectivity index (χ0v) is 27.1. The summed E-state index contributed by atoms with van der Waals surface area (Å²) in [6.45, 7) is 4.37. The average Bonchev–Trinajstić information content (AvgIpc) is 3.65. The van der Waals surface area contributed by atoms with Gasteiger partial charge in [0.1, 0.15) is 11.5 Å². The highest BCUT2D eigenvalue weighted by Gasteiger charge is 2.30. The van der Waals surface area contributed by atoms with Crippen molar-refractivity contribution in [2.75, 3.05) is 14.2 Å². The molecule has 3 aromatic carbocycles. The van der Waals surface area contributed by atoms with Crippen molar-refractivity contribution < 1.29 is 27.8 Å². The molecule has 0 spiro atoms. The van der Waals surface area contributed by atoms with Gasteiger partial charge in [0.05, 0.1) is 25.2 Å². The number of aromatic nitrogens is 1. The number of methoxy groups -OCH3 is 2. The molecule has 8 nitrogen and oxygen atoms in total. The number of benzene rings is 3. The molecule has 2 atom stereocenters. The van der Waals surface area contributed by atoms with Crippen LogP contribution in [0, 0.1) is 25.7 Å². The molecule has 238 valence electrons. The van der Waals surface area contributed by atoms with Gasteiger partial charge in [-0.05, 0) is 98.0 Å². The summed E-state index contributed by atoms with van der Waals surface area (Å²) in [4.78, 5) is 12.6. The number of nitrogens with one attached hydrogen (secondary N) is 1. The van der Waals surface area contributed by atoms with Crippen LogP contribution >= 0.6 is 0 Å². The van der Waals surface area contributed by atoms with E-state index in [-0.39, 0.29) is 17.2 Å². The van der Waals surface area contributed by atoms with Gasteiger partial charge in [0.25, 0.3) is 10.0 Å². The third-order valence-electron chi connectivity index (χ3n) is 8.81. The maximum atomic E-state index is 12.6. The van der Waals surface area contributed by atoms with Crippen LogP contribution in [-0.4, -0.2) is 38.2 Å². The maximum Gasteiger partial charge on any atom is 0.264 e. The van der Waals surface area contributed by atoms with Crippen LogP contribution < -0.4 is 14.2 Å². The molecule has 0 unspecified atom stereocenters. The van der Waals surface area contributed by atoms with E-state index in [0.29, 0.717) is 30.4 Å². The number of aliphatic hydroxyl groups is 1. The summed E-state index contributed by atoms with van der Waals surface area (Å²) in [6.07, 6.45) is 6.37. The Labute approximate surface area is 266 Å². The molecule has 45 heavy (non-hydrogen) atoms. The quantitative estimate of drug-likeness (QED) is 0.196. The molecule has 0 aliphatic heterocycles. The lowest BCUT2D eigenvalue weighted by Gasteiger charge is -2.27. The van der Waals surface area contributed by atoms with Gasteiger partial charge in [-0.1, -0.05) is 42.0 Å². The molecule has 0 bridgehead atoms. The van der Waals surface area contributed by atoms with Crippen molar-refractivity contribution in [1.29, 1.82) is 0 Å². The molecule has 5 rings (SSSR count). The van der Waals surface area contributed by atoms with Crippen molar-refractivity contribution in [1.82, 2.24) is 9.29 Å². The van der Waals surface area contributed by atoms with E-state index in [0.717, 1.165) is 41.5 Å². The van der Waals surface area contributed by atoms with Crippen molar-refractivity contribution >= 4 is 15.9 Å².